The largest absolute Gasteiger partial charge is 0.477 e. The van der Waals surface area contributed by atoms with E-state index < -0.39 is 17.6 Å². The molecule has 1 amide bonds. The van der Waals surface area contributed by atoms with Crippen LogP contribution in [0.15, 0.2) is 12.1 Å². The Hall–Kier alpha value is 0.150. The van der Waals surface area contributed by atoms with Crippen molar-refractivity contribution in [2.24, 2.45) is 0 Å². The van der Waals surface area contributed by atoms with Crippen LogP contribution in [0.3, 0.4) is 0 Å². The third-order valence-electron chi connectivity index (χ3n) is 2.85. The number of hydrogen-bond acceptors (Lipinski definition) is 3. The van der Waals surface area contributed by atoms with Crippen LogP contribution in [0, 0.1) is 10.7 Å². The van der Waals surface area contributed by atoms with Crippen molar-refractivity contribution in [3.05, 3.63) is 22.8 Å². The normalized spacial score (nSPS) is 13.3. The maximum absolute atomic E-state index is 11.8. The number of carboxylic acid groups (broad SMARTS) is 1. The van der Waals surface area contributed by atoms with Crippen LogP contribution in [-0.2, 0) is 9.59 Å². The fourth-order valence-corrected chi connectivity index (χ4v) is 5.66. The van der Waals surface area contributed by atoms with Gasteiger partial charge in [-0.2, -0.15) is 0 Å². The van der Waals surface area contributed by atoms with Crippen molar-refractivity contribution >= 4 is 79.6 Å². The van der Waals surface area contributed by atoms with Gasteiger partial charge in [0, 0.05) is 16.9 Å². The number of unbranched alkanes of at least 4 members (excludes halogenated alkanes) is 1. The van der Waals surface area contributed by atoms with E-state index in [2.05, 4.69) is 73.1 Å². The minimum atomic E-state index is -1.74. The van der Waals surface area contributed by atoms with Crippen molar-refractivity contribution in [2.75, 3.05) is 0 Å². The molecule has 0 aliphatic heterocycles. The van der Waals surface area contributed by atoms with E-state index >= 15 is 0 Å². The highest BCUT2D eigenvalue weighted by Gasteiger charge is 2.42. The second-order valence-corrected chi connectivity index (χ2v) is 8.29. The first-order valence-electron chi connectivity index (χ1n) is 6.57. The Morgan fingerprint density at radius 3 is 2.23 bits per heavy atom. The van der Waals surface area contributed by atoms with Gasteiger partial charge in [-0.15, -0.1) is 0 Å². The van der Waals surface area contributed by atoms with Gasteiger partial charge in [0.25, 0.3) is 5.72 Å². The lowest BCUT2D eigenvalue weighted by atomic mass is 10.1. The summed E-state index contributed by atoms with van der Waals surface area (Å²) in [5.41, 5.74) is -1.74. The van der Waals surface area contributed by atoms with E-state index in [1.807, 2.05) is 19.1 Å². The number of carboxylic acids is 1. The highest BCUT2D eigenvalue weighted by molar-refractivity contribution is 14.1. The molecule has 0 saturated heterocycles. The van der Waals surface area contributed by atoms with Crippen LogP contribution >= 0.6 is 67.8 Å². The molecule has 1 aromatic carbocycles. The molecule has 2 N–H and O–H groups in total. The highest BCUT2D eigenvalue weighted by Crippen LogP contribution is 2.33. The number of rotatable bonds is 7. The molecule has 22 heavy (non-hydrogen) atoms. The van der Waals surface area contributed by atoms with Gasteiger partial charge in [-0.25, -0.2) is 4.79 Å². The molecule has 0 fully saturated rings. The summed E-state index contributed by atoms with van der Waals surface area (Å²) in [5.74, 6) is -1.15. The Bertz CT molecular complexity index is 556. The first kappa shape index (κ1) is 20.2. The van der Waals surface area contributed by atoms with Gasteiger partial charge >= 0.3 is 5.97 Å². The quantitative estimate of drug-likeness (QED) is 0.349. The molecule has 1 atom stereocenters. The smallest absolute Gasteiger partial charge is 0.370 e. The van der Waals surface area contributed by atoms with Gasteiger partial charge in [0.05, 0.1) is 7.14 Å². The van der Waals surface area contributed by atoms with Crippen molar-refractivity contribution < 1.29 is 19.4 Å². The zero-order chi connectivity index (χ0) is 16.9. The van der Waals surface area contributed by atoms with Gasteiger partial charge in [0.2, 0.25) is 5.91 Å². The maximum atomic E-state index is 11.8. The van der Waals surface area contributed by atoms with E-state index in [1.54, 1.807) is 0 Å². The topological polar surface area (TPSA) is 75.6 Å². The van der Waals surface area contributed by atoms with Crippen LogP contribution in [0.25, 0.3) is 0 Å². The molecule has 122 valence electrons. The van der Waals surface area contributed by atoms with Crippen LogP contribution in [0.4, 0.5) is 0 Å². The van der Waals surface area contributed by atoms with E-state index in [0.29, 0.717) is 12.2 Å². The molecular formula is C14H16I3NO4. The van der Waals surface area contributed by atoms with Crippen LogP contribution in [0.2, 0.25) is 0 Å². The van der Waals surface area contributed by atoms with E-state index in [9.17, 15) is 14.7 Å². The third-order valence-corrected chi connectivity index (χ3v) is 5.07. The summed E-state index contributed by atoms with van der Waals surface area (Å²) in [6.45, 7) is 3.25. The number of ether oxygens (including phenoxy) is 1. The van der Waals surface area contributed by atoms with Gasteiger partial charge < -0.3 is 15.2 Å². The molecular weight excluding hydrogens is 627 g/mol. The Balaban J connectivity index is 3.27. The fraction of sp³-hybridized carbons (Fsp3) is 0.429. The average molecular weight is 643 g/mol. The van der Waals surface area contributed by atoms with Gasteiger partial charge in [-0.3, -0.25) is 4.79 Å². The number of nitrogens with one attached hydrogen (secondary N) is 1. The second kappa shape index (κ2) is 8.85. The molecule has 0 aliphatic rings. The number of carbonyl (C=O) groups excluding carboxylic acids is 1. The summed E-state index contributed by atoms with van der Waals surface area (Å²) in [7, 11) is 0. The van der Waals surface area contributed by atoms with Crippen LogP contribution < -0.4 is 10.1 Å². The van der Waals surface area contributed by atoms with Crippen molar-refractivity contribution in [3.63, 3.8) is 0 Å². The van der Waals surface area contributed by atoms with Crippen molar-refractivity contribution in [2.45, 2.75) is 38.8 Å². The lowest BCUT2D eigenvalue weighted by Crippen LogP contribution is -2.58. The molecule has 0 radical (unpaired) electrons. The molecule has 8 heteroatoms. The van der Waals surface area contributed by atoms with E-state index in [4.69, 9.17) is 4.74 Å². The van der Waals surface area contributed by atoms with Gasteiger partial charge in [0.1, 0.15) is 5.75 Å². The first-order chi connectivity index (χ1) is 10.2. The number of aliphatic carboxylic acids is 1. The molecule has 0 aromatic heterocycles. The molecule has 1 unspecified atom stereocenters. The first-order valence-corrected chi connectivity index (χ1v) is 9.81. The predicted molar refractivity (Wildman–Crippen MR) is 109 cm³/mol. The van der Waals surface area contributed by atoms with Crippen LogP contribution in [0.1, 0.15) is 33.1 Å². The Morgan fingerprint density at radius 1 is 1.27 bits per heavy atom. The summed E-state index contributed by atoms with van der Waals surface area (Å²) in [6, 6.07) is 3.80. The van der Waals surface area contributed by atoms with E-state index in [1.165, 1.54) is 6.92 Å². The zero-order valence-corrected chi connectivity index (χ0v) is 18.6. The number of carbonyl (C=O) groups is 2. The van der Waals surface area contributed by atoms with E-state index in [0.717, 1.165) is 17.1 Å². The minimum Gasteiger partial charge on any atom is -0.477 e. The number of amides is 1. The molecule has 1 rings (SSSR count). The SMILES string of the molecule is CCCCC(NC(C)=O)(Oc1c(I)cc(I)cc1I)C(=O)O. The summed E-state index contributed by atoms with van der Waals surface area (Å²) < 4.78 is 8.49. The minimum absolute atomic E-state index is 0.205. The van der Waals surface area contributed by atoms with E-state index in [-0.39, 0.29) is 6.42 Å². The lowest BCUT2D eigenvalue weighted by Gasteiger charge is -2.31. The van der Waals surface area contributed by atoms with Gasteiger partial charge in [-0.05, 0) is 86.3 Å². The number of halogens is 3. The Morgan fingerprint density at radius 2 is 1.82 bits per heavy atom. The summed E-state index contributed by atoms with van der Waals surface area (Å²) >= 11 is 6.40. The maximum Gasteiger partial charge on any atom is 0.370 e. The molecule has 0 saturated carbocycles. The molecule has 1 aromatic rings. The van der Waals surface area contributed by atoms with Gasteiger partial charge in [0.15, 0.2) is 0 Å². The van der Waals surface area contributed by atoms with Crippen LogP contribution in [0.5, 0.6) is 5.75 Å². The lowest BCUT2D eigenvalue weighted by molar-refractivity contribution is -0.162. The van der Waals surface area contributed by atoms with Crippen molar-refractivity contribution in [3.8, 4) is 5.75 Å². The number of benzene rings is 1. The van der Waals surface area contributed by atoms with Crippen molar-refractivity contribution in [1.29, 1.82) is 0 Å². The molecule has 5 nitrogen and oxygen atoms in total. The molecule has 0 heterocycles. The second-order valence-electron chi connectivity index (χ2n) is 4.72. The summed E-state index contributed by atoms with van der Waals surface area (Å²) in [5, 5.41) is 12.1. The average Bonchev–Trinajstić information content (AvgIpc) is 2.39. The standard InChI is InChI=1S/C14H16I3NO4/c1-3-4-5-14(13(20)21,18-8(2)19)22-12-10(16)6-9(15)7-11(12)17/h6-7H,3-5H2,1-2H3,(H,18,19)(H,20,21). The summed E-state index contributed by atoms with van der Waals surface area (Å²) in [4.78, 5) is 23.3. The third kappa shape index (κ3) is 5.35. The van der Waals surface area contributed by atoms with Crippen molar-refractivity contribution in [1.82, 2.24) is 5.32 Å². The predicted octanol–water partition coefficient (Wildman–Crippen LogP) is 3.99. The monoisotopic (exact) mass is 643 g/mol. The number of hydrogen-bond donors (Lipinski definition) is 2. The molecule has 0 aliphatic carbocycles. The highest BCUT2D eigenvalue weighted by atomic mass is 127. The van der Waals surface area contributed by atoms with Gasteiger partial charge in [-0.1, -0.05) is 13.3 Å². The molecule has 0 bridgehead atoms. The zero-order valence-electron chi connectivity index (χ0n) is 12.1. The Kier molecular flexibility index (Phi) is 8.12. The van der Waals surface area contributed by atoms with Crippen LogP contribution in [-0.4, -0.2) is 22.7 Å². The summed E-state index contributed by atoms with van der Waals surface area (Å²) in [6.07, 6.45) is 1.64. The fourth-order valence-electron chi connectivity index (χ4n) is 1.85. The molecule has 0 spiro atoms. The Labute approximate surface area is 170 Å².